The molecule has 0 aliphatic rings. The average Bonchev–Trinajstić information content (AvgIpc) is 2.56. The number of methoxy groups -OCH3 is 1. The molecule has 0 saturated heterocycles. The zero-order valence-corrected chi connectivity index (χ0v) is 12.3. The van der Waals surface area contributed by atoms with Crippen molar-refractivity contribution in [2.45, 2.75) is 12.5 Å². The molecule has 0 saturated carbocycles. The second-order valence-electron chi connectivity index (χ2n) is 4.82. The summed E-state index contributed by atoms with van der Waals surface area (Å²) in [5.74, 6) is -0.705. The number of aliphatic hydroxyl groups excluding tert-OH is 1. The highest BCUT2D eigenvalue weighted by Gasteiger charge is 2.16. The molecule has 1 amide bonds. The summed E-state index contributed by atoms with van der Waals surface area (Å²) in [4.78, 5) is 11.9. The number of benzene rings is 2. The van der Waals surface area contributed by atoms with Crippen molar-refractivity contribution >= 4 is 5.91 Å². The number of ether oxygens (including phenoxy) is 1. The first-order chi connectivity index (χ1) is 10.6. The van der Waals surface area contributed by atoms with Gasteiger partial charge in [0, 0.05) is 6.54 Å². The van der Waals surface area contributed by atoms with Crippen LogP contribution < -0.4 is 10.1 Å². The molecular formula is C17H18FNO3. The lowest BCUT2D eigenvalue weighted by Gasteiger charge is -2.12. The highest BCUT2D eigenvalue weighted by Crippen LogP contribution is 2.18. The largest absolute Gasteiger partial charge is 0.494 e. The number of carbonyl (C=O) groups excluding carboxylic acids is 1. The molecule has 0 unspecified atom stereocenters. The summed E-state index contributed by atoms with van der Waals surface area (Å²) in [5, 5.41) is 12.6. The molecule has 22 heavy (non-hydrogen) atoms. The van der Waals surface area contributed by atoms with Crippen LogP contribution in [0.3, 0.4) is 0 Å². The molecule has 1 atom stereocenters. The molecule has 0 spiro atoms. The SMILES string of the molecule is COc1cc(CCNC(=O)[C@@H](O)c2ccccc2)ccc1F. The number of hydrogen-bond donors (Lipinski definition) is 2. The van der Waals surface area contributed by atoms with Gasteiger partial charge in [0.05, 0.1) is 7.11 Å². The number of halogens is 1. The van der Waals surface area contributed by atoms with E-state index in [1.807, 2.05) is 6.07 Å². The van der Waals surface area contributed by atoms with E-state index in [4.69, 9.17) is 4.74 Å². The molecule has 0 heterocycles. The highest BCUT2D eigenvalue weighted by molar-refractivity contribution is 5.81. The molecule has 2 N–H and O–H groups in total. The van der Waals surface area contributed by atoms with E-state index < -0.39 is 17.8 Å². The highest BCUT2D eigenvalue weighted by atomic mass is 19.1. The lowest BCUT2D eigenvalue weighted by atomic mass is 10.1. The van der Waals surface area contributed by atoms with Gasteiger partial charge in [0.2, 0.25) is 0 Å². The van der Waals surface area contributed by atoms with Crippen molar-refractivity contribution < 1.29 is 19.0 Å². The van der Waals surface area contributed by atoms with Crippen LogP contribution in [-0.2, 0) is 11.2 Å². The van der Waals surface area contributed by atoms with Crippen LogP contribution in [0.2, 0.25) is 0 Å². The Balaban J connectivity index is 1.87. The molecule has 0 fully saturated rings. The van der Waals surface area contributed by atoms with Crippen molar-refractivity contribution in [1.82, 2.24) is 5.32 Å². The van der Waals surface area contributed by atoms with Crippen molar-refractivity contribution in [3.63, 3.8) is 0 Å². The first-order valence-electron chi connectivity index (χ1n) is 6.95. The summed E-state index contributed by atoms with van der Waals surface area (Å²) in [7, 11) is 1.40. The van der Waals surface area contributed by atoms with Crippen LogP contribution in [0.4, 0.5) is 4.39 Å². The fourth-order valence-electron chi connectivity index (χ4n) is 2.07. The predicted molar refractivity (Wildman–Crippen MR) is 81.1 cm³/mol. The van der Waals surface area contributed by atoms with Crippen LogP contribution >= 0.6 is 0 Å². The van der Waals surface area contributed by atoms with Crippen molar-refractivity contribution in [2.75, 3.05) is 13.7 Å². The monoisotopic (exact) mass is 303 g/mol. The number of carbonyl (C=O) groups is 1. The summed E-state index contributed by atoms with van der Waals surface area (Å²) in [6.45, 7) is 0.345. The normalized spacial score (nSPS) is 11.8. The molecule has 0 radical (unpaired) electrons. The summed E-state index contributed by atoms with van der Waals surface area (Å²) in [6.07, 6.45) is -0.673. The van der Waals surface area contributed by atoms with Crippen LogP contribution in [0.15, 0.2) is 48.5 Å². The van der Waals surface area contributed by atoms with Gasteiger partial charge in [0.15, 0.2) is 17.7 Å². The van der Waals surface area contributed by atoms with Crippen molar-refractivity contribution in [2.24, 2.45) is 0 Å². The Hall–Kier alpha value is -2.40. The Kier molecular flexibility index (Phi) is 5.49. The van der Waals surface area contributed by atoms with E-state index in [-0.39, 0.29) is 5.75 Å². The van der Waals surface area contributed by atoms with E-state index in [0.717, 1.165) is 5.56 Å². The third-order valence-electron chi connectivity index (χ3n) is 3.29. The lowest BCUT2D eigenvalue weighted by molar-refractivity contribution is -0.129. The van der Waals surface area contributed by atoms with E-state index in [2.05, 4.69) is 5.32 Å². The maximum Gasteiger partial charge on any atom is 0.253 e. The number of amides is 1. The Labute approximate surface area is 128 Å². The van der Waals surface area contributed by atoms with E-state index in [9.17, 15) is 14.3 Å². The Morgan fingerprint density at radius 1 is 1.27 bits per heavy atom. The smallest absolute Gasteiger partial charge is 0.253 e. The molecule has 2 aromatic rings. The van der Waals surface area contributed by atoms with E-state index in [1.165, 1.54) is 13.2 Å². The van der Waals surface area contributed by atoms with E-state index in [0.29, 0.717) is 18.5 Å². The molecule has 2 aromatic carbocycles. The van der Waals surface area contributed by atoms with Crippen LogP contribution in [-0.4, -0.2) is 24.7 Å². The summed E-state index contributed by atoms with van der Waals surface area (Å²) < 4.78 is 18.2. The number of aliphatic hydroxyl groups is 1. The Bertz CT molecular complexity index is 631. The van der Waals surface area contributed by atoms with Crippen LogP contribution in [0, 0.1) is 5.82 Å². The van der Waals surface area contributed by atoms with Gasteiger partial charge in [-0.15, -0.1) is 0 Å². The molecule has 5 heteroatoms. The van der Waals surface area contributed by atoms with E-state index >= 15 is 0 Å². The fraction of sp³-hybridized carbons (Fsp3) is 0.235. The zero-order valence-electron chi connectivity index (χ0n) is 12.3. The van der Waals surface area contributed by atoms with Crippen molar-refractivity contribution in [1.29, 1.82) is 0 Å². The van der Waals surface area contributed by atoms with Crippen LogP contribution in [0.25, 0.3) is 0 Å². The zero-order chi connectivity index (χ0) is 15.9. The number of hydrogen-bond acceptors (Lipinski definition) is 3. The van der Waals surface area contributed by atoms with Crippen LogP contribution in [0.5, 0.6) is 5.75 Å². The molecular weight excluding hydrogens is 285 g/mol. The molecule has 0 aliphatic carbocycles. The molecule has 116 valence electrons. The van der Waals surface area contributed by atoms with Gasteiger partial charge in [-0.1, -0.05) is 36.4 Å². The standard InChI is InChI=1S/C17H18FNO3/c1-22-15-11-12(7-8-14(15)18)9-10-19-17(21)16(20)13-5-3-2-4-6-13/h2-8,11,16,20H,9-10H2,1H3,(H,19,21)/t16-/m0/s1. The lowest BCUT2D eigenvalue weighted by Crippen LogP contribution is -2.30. The van der Waals surface area contributed by atoms with Gasteiger partial charge in [0.1, 0.15) is 0 Å². The average molecular weight is 303 g/mol. The maximum absolute atomic E-state index is 13.3. The number of rotatable bonds is 6. The quantitative estimate of drug-likeness (QED) is 0.860. The van der Waals surface area contributed by atoms with E-state index in [1.54, 1.807) is 36.4 Å². The molecule has 0 aromatic heterocycles. The molecule has 0 bridgehead atoms. The summed E-state index contributed by atoms with van der Waals surface area (Å²) in [6, 6.07) is 13.3. The summed E-state index contributed by atoms with van der Waals surface area (Å²) >= 11 is 0. The van der Waals surface area contributed by atoms with Gasteiger partial charge in [-0.05, 0) is 29.7 Å². The van der Waals surface area contributed by atoms with Gasteiger partial charge in [0.25, 0.3) is 5.91 Å². The minimum atomic E-state index is -1.19. The summed E-state index contributed by atoms with van der Waals surface area (Å²) in [5.41, 5.74) is 1.39. The van der Waals surface area contributed by atoms with Gasteiger partial charge >= 0.3 is 0 Å². The Morgan fingerprint density at radius 2 is 2.00 bits per heavy atom. The first kappa shape index (κ1) is 16.0. The second kappa shape index (κ2) is 7.56. The minimum absolute atomic E-state index is 0.174. The molecule has 0 aliphatic heterocycles. The first-order valence-corrected chi connectivity index (χ1v) is 6.95. The molecule has 4 nitrogen and oxygen atoms in total. The predicted octanol–water partition coefficient (Wildman–Crippen LogP) is 2.23. The van der Waals surface area contributed by atoms with Crippen molar-refractivity contribution in [3.05, 3.63) is 65.5 Å². The third-order valence-corrected chi connectivity index (χ3v) is 3.29. The Morgan fingerprint density at radius 3 is 2.68 bits per heavy atom. The van der Waals surface area contributed by atoms with Gasteiger partial charge in [-0.25, -0.2) is 4.39 Å². The second-order valence-corrected chi connectivity index (χ2v) is 4.82. The minimum Gasteiger partial charge on any atom is -0.494 e. The van der Waals surface area contributed by atoms with Gasteiger partial charge in [-0.2, -0.15) is 0 Å². The van der Waals surface area contributed by atoms with Crippen LogP contribution in [0.1, 0.15) is 17.2 Å². The fourth-order valence-corrected chi connectivity index (χ4v) is 2.07. The van der Waals surface area contributed by atoms with Gasteiger partial charge < -0.3 is 15.2 Å². The third kappa shape index (κ3) is 4.05. The van der Waals surface area contributed by atoms with Gasteiger partial charge in [-0.3, -0.25) is 4.79 Å². The molecule has 2 rings (SSSR count). The van der Waals surface area contributed by atoms with Crippen molar-refractivity contribution in [3.8, 4) is 5.75 Å². The maximum atomic E-state index is 13.3. The topological polar surface area (TPSA) is 58.6 Å². The number of nitrogens with one attached hydrogen (secondary N) is 1.